The summed E-state index contributed by atoms with van der Waals surface area (Å²) in [5, 5.41) is 20.2. The van der Waals surface area contributed by atoms with Crippen molar-refractivity contribution in [2.24, 2.45) is 0 Å². The molecule has 89 heavy (non-hydrogen) atoms. The maximum Gasteiger partial charge on any atom is 0.159 e. The highest BCUT2D eigenvalue weighted by atomic mass is 16.3. The van der Waals surface area contributed by atoms with Crippen molar-refractivity contribution < 1.29 is 13.3 Å². The van der Waals surface area contributed by atoms with Crippen LogP contribution in [0.3, 0.4) is 0 Å². The van der Waals surface area contributed by atoms with E-state index in [1.54, 1.807) is 0 Å². The van der Waals surface area contributed by atoms with Crippen LogP contribution in [0.25, 0.3) is 153 Å². The van der Waals surface area contributed by atoms with Crippen LogP contribution in [-0.2, 0) is 0 Å². The van der Waals surface area contributed by atoms with E-state index < -0.39 is 0 Å². The third-order valence-electron chi connectivity index (χ3n) is 18.5. The van der Waals surface area contributed by atoms with Gasteiger partial charge < -0.3 is 23.1 Å². The summed E-state index contributed by atoms with van der Waals surface area (Å²) in [5.41, 5.74) is 15.6. The Bertz CT molecular complexity index is 5760. The van der Waals surface area contributed by atoms with Gasteiger partial charge in [-0.05, 0) is 138 Å². The average Bonchev–Trinajstić information content (AvgIpc) is 1.48. The van der Waals surface area contributed by atoms with E-state index in [0.717, 1.165) is 155 Å². The highest BCUT2D eigenvalue weighted by Crippen LogP contribution is 2.54. The van der Waals surface area contributed by atoms with E-state index >= 15 is 0 Å². The molecular formula is C84H50N2O3. The van der Waals surface area contributed by atoms with Crippen molar-refractivity contribution in [3.05, 3.63) is 303 Å². The summed E-state index contributed by atoms with van der Waals surface area (Å²) in [5.74, 6) is 0. The standard InChI is InChI=1S/C84H50N2O3/c1-3-21-51(22-4-1)79-65-31-11-7-25-59(65)61-27-9-13-33-67(61)81(79)85(73-37-19-35-69-63-29-15-17-39-75(63)88-83(69)73)57-43-41-53-47-71-72-48-54-42-44-58(46-56(54)50-78(72)87-77(71)49-55(53)45-57)86(74-38-20-36-70-64-30-16-18-40-76(64)89-84(70)74)82-68-34-14-10-28-62(68)60-26-8-12-32-66(60)80(82)52-23-5-2-6-24-52/h1-50H. The number of nitrogens with zero attached hydrogens (tertiary/aromatic N) is 2. The quantitative estimate of drug-likeness (QED) is 0.142. The van der Waals surface area contributed by atoms with Crippen LogP contribution in [0, 0.1) is 0 Å². The lowest BCUT2D eigenvalue weighted by atomic mass is 9.90. The zero-order valence-corrected chi connectivity index (χ0v) is 48.0. The number of fused-ring (bicyclic) bond motifs is 17. The van der Waals surface area contributed by atoms with Gasteiger partial charge in [0.25, 0.3) is 0 Å². The lowest BCUT2D eigenvalue weighted by Crippen LogP contribution is -2.12. The first kappa shape index (κ1) is 49.4. The molecule has 0 saturated carbocycles. The Balaban J connectivity index is 0.824. The van der Waals surface area contributed by atoms with Crippen LogP contribution < -0.4 is 9.80 Å². The second kappa shape index (κ2) is 19.3. The summed E-state index contributed by atoms with van der Waals surface area (Å²) in [6.07, 6.45) is 0. The van der Waals surface area contributed by atoms with Gasteiger partial charge in [-0.2, -0.15) is 0 Å². The van der Waals surface area contributed by atoms with Crippen LogP contribution in [-0.4, -0.2) is 0 Å². The van der Waals surface area contributed by atoms with Crippen LogP contribution in [0.2, 0.25) is 0 Å². The summed E-state index contributed by atoms with van der Waals surface area (Å²) in [6.45, 7) is 0. The first-order valence-corrected chi connectivity index (χ1v) is 30.4. The van der Waals surface area contributed by atoms with E-state index in [-0.39, 0.29) is 0 Å². The number of rotatable bonds is 8. The highest BCUT2D eigenvalue weighted by molar-refractivity contribution is 6.26. The topological polar surface area (TPSA) is 45.9 Å². The molecule has 0 spiro atoms. The minimum Gasteiger partial charge on any atom is -0.456 e. The van der Waals surface area contributed by atoms with Gasteiger partial charge in [-0.3, -0.25) is 0 Å². The Labute approximate surface area is 510 Å². The van der Waals surface area contributed by atoms with Gasteiger partial charge >= 0.3 is 0 Å². The van der Waals surface area contributed by atoms with Gasteiger partial charge in [0.05, 0.1) is 22.7 Å². The van der Waals surface area contributed by atoms with E-state index in [2.05, 4.69) is 301 Å². The lowest BCUT2D eigenvalue weighted by molar-refractivity contribution is 0.669. The van der Waals surface area contributed by atoms with Crippen molar-refractivity contribution in [2.75, 3.05) is 9.80 Å². The zero-order valence-electron chi connectivity index (χ0n) is 48.0. The Morgan fingerprint density at radius 1 is 0.202 bits per heavy atom. The average molecular weight is 1140 g/mol. The molecule has 5 nitrogen and oxygen atoms in total. The normalized spacial score (nSPS) is 12.0. The molecule has 0 unspecified atom stereocenters. The van der Waals surface area contributed by atoms with Gasteiger partial charge in [-0.25, -0.2) is 0 Å². The smallest absolute Gasteiger partial charge is 0.159 e. The third kappa shape index (κ3) is 7.49. The second-order valence-electron chi connectivity index (χ2n) is 23.4. The van der Waals surface area contributed by atoms with Crippen molar-refractivity contribution in [1.29, 1.82) is 0 Å². The van der Waals surface area contributed by atoms with Crippen LogP contribution in [0.5, 0.6) is 0 Å². The molecule has 0 radical (unpaired) electrons. The zero-order chi connectivity index (χ0) is 58.3. The minimum atomic E-state index is 0.820. The Morgan fingerprint density at radius 2 is 0.551 bits per heavy atom. The highest BCUT2D eigenvalue weighted by Gasteiger charge is 2.29. The molecule has 3 aromatic heterocycles. The number of para-hydroxylation sites is 4. The van der Waals surface area contributed by atoms with E-state index in [0.29, 0.717) is 0 Å². The van der Waals surface area contributed by atoms with E-state index in [1.165, 1.54) is 32.3 Å². The molecule has 0 atom stereocenters. The summed E-state index contributed by atoms with van der Waals surface area (Å²) in [7, 11) is 0. The van der Waals surface area contributed by atoms with E-state index in [9.17, 15) is 0 Å². The predicted octanol–water partition coefficient (Wildman–Crippen LogP) is 24.6. The monoisotopic (exact) mass is 1130 g/mol. The molecule has 414 valence electrons. The number of furan rings is 3. The maximum atomic E-state index is 7.10. The summed E-state index contributed by atoms with van der Waals surface area (Å²) in [4.78, 5) is 4.88. The molecule has 0 amide bonds. The fraction of sp³-hybridized carbons (Fsp3) is 0. The molecule has 0 aliphatic carbocycles. The first-order chi connectivity index (χ1) is 44.1. The largest absolute Gasteiger partial charge is 0.456 e. The van der Waals surface area contributed by atoms with Crippen molar-refractivity contribution in [3.63, 3.8) is 0 Å². The van der Waals surface area contributed by atoms with Gasteiger partial charge in [0.2, 0.25) is 0 Å². The number of hydrogen-bond acceptors (Lipinski definition) is 5. The van der Waals surface area contributed by atoms with Crippen LogP contribution in [0.15, 0.2) is 317 Å². The van der Waals surface area contributed by atoms with Gasteiger partial charge in [-0.15, -0.1) is 0 Å². The molecule has 19 rings (SSSR count). The summed E-state index contributed by atoms with van der Waals surface area (Å²) < 4.78 is 21.0. The Morgan fingerprint density at radius 3 is 0.978 bits per heavy atom. The van der Waals surface area contributed by atoms with Crippen LogP contribution in [0.1, 0.15) is 0 Å². The summed E-state index contributed by atoms with van der Waals surface area (Å²) in [6, 6.07) is 110. The van der Waals surface area contributed by atoms with Gasteiger partial charge in [0.15, 0.2) is 11.2 Å². The first-order valence-electron chi connectivity index (χ1n) is 30.4. The number of anilines is 6. The molecule has 0 bridgehead atoms. The fourth-order valence-electron chi connectivity index (χ4n) is 14.6. The lowest BCUT2D eigenvalue weighted by Gasteiger charge is -2.30. The molecule has 19 aromatic rings. The third-order valence-corrected chi connectivity index (χ3v) is 18.5. The Kier molecular flexibility index (Phi) is 10.7. The molecule has 3 heterocycles. The van der Waals surface area contributed by atoms with Crippen molar-refractivity contribution in [3.8, 4) is 22.3 Å². The number of benzene rings is 16. The number of hydrogen-bond donors (Lipinski definition) is 0. The van der Waals surface area contributed by atoms with Crippen molar-refractivity contribution >= 4 is 165 Å². The maximum absolute atomic E-state index is 7.10. The molecule has 0 aliphatic heterocycles. The predicted molar refractivity (Wildman–Crippen MR) is 374 cm³/mol. The van der Waals surface area contributed by atoms with E-state index in [1.807, 2.05) is 12.1 Å². The molecule has 0 saturated heterocycles. The Hall–Kier alpha value is -11.9. The molecule has 16 aromatic carbocycles. The minimum absolute atomic E-state index is 0.820. The van der Waals surface area contributed by atoms with Gasteiger partial charge in [-0.1, -0.05) is 231 Å². The van der Waals surface area contributed by atoms with Crippen molar-refractivity contribution in [1.82, 2.24) is 0 Å². The molecular weight excluding hydrogens is 1080 g/mol. The summed E-state index contributed by atoms with van der Waals surface area (Å²) >= 11 is 0. The fourth-order valence-corrected chi connectivity index (χ4v) is 14.6. The van der Waals surface area contributed by atoms with Gasteiger partial charge in [0, 0.05) is 65.6 Å². The van der Waals surface area contributed by atoms with Crippen molar-refractivity contribution in [2.45, 2.75) is 0 Å². The molecule has 0 aliphatic rings. The second-order valence-corrected chi connectivity index (χ2v) is 23.4. The molecule has 5 heteroatoms. The van der Waals surface area contributed by atoms with Crippen LogP contribution >= 0.6 is 0 Å². The SMILES string of the molecule is c1ccc(-c2c(N(c3ccc4cc5c(cc4c3)oc3cc4cc(N(c6c(-c7ccccc7)c7ccccc7c7ccccc67)c6cccc7c6oc6ccccc67)ccc4cc35)c3cccc4c3oc3ccccc34)c3ccccc3c3ccccc23)cc1. The van der Waals surface area contributed by atoms with Gasteiger partial charge in [0.1, 0.15) is 22.3 Å². The van der Waals surface area contributed by atoms with Crippen LogP contribution in [0.4, 0.5) is 34.1 Å². The van der Waals surface area contributed by atoms with E-state index in [4.69, 9.17) is 13.3 Å². The molecule has 0 N–H and O–H groups in total. The molecule has 0 fully saturated rings.